The smallest absolute Gasteiger partial charge is 0.250 e. The lowest BCUT2D eigenvalue weighted by Gasteiger charge is -2.21. The van der Waals surface area contributed by atoms with Crippen LogP contribution in [0.5, 0.6) is 0 Å². The second-order valence-electron chi connectivity index (χ2n) is 6.94. The van der Waals surface area contributed by atoms with Gasteiger partial charge in [-0.3, -0.25) is 4.79 Å². The summed E-state index contributed by atoms with van der Waals surface area (Å²) >= 11 is 1.61. The van der Waals surface area contributed by atoms with Gasteiger partial charge in [0, 0.05) is 11.6 Å². The third-order valence-electron chi connectivity index (χ3n) is 5.18. The number of primary amides is 1. The van der Waals surface area contributed by atoms with Gasteiger partial charge in [-0.15, -0.1) is 0 Å². The molecule has 0 bridgehead atoms. The standard InChI is InChI=1S/C19H20N2O3S2/c20-19(22)17-9-14(13-1-4-25-11-13)8-16-15(10-21-18(16)17)7-12-2-5-26(23,24)6-3-12/h1,4,8-12,21H,2-3,5-7H2,(H2,20,22). The summed E-state index contributed by atoms with van der Waals surface area (Å²) in [6.07, 6.45) is 4.13. The van der Waals surface area contributed by atoms with E-state index in [2.05, 4.69) is 11.1 Å². The number of hydrogen-bond donors (Lipinski definition) is 2. The maximum Gasteiger partial charge on any atom is 0.250 e. The summed E-state index contributed by atoms with van der Waals surface area (Å²) in [6.45, 7) is 0. The van der Waals surface area contributed by atoms with E-state index in [4.69, 9.17) is 5.73 Å². The average molecular weight is 389 g/mol. The lowest BCUT2D eigenvalue weighted by atomic mass is 9.92. The van der Waals surface area contributed by atoms with Crippen LogP contribution >= 0.6 is 11.3 Å². The molecule has 1 amide bonds. The molecule has 1 aromatic carbocycles. The number of rotatable bonds is 4. The monoisotopic (exact) mass is 388 g/mol. The maximum atomic E-state index is 11.9. The first-order chi connectivity index (χ1) is 12.4. The predicted molar refractivity (Wildman–Crippen MR) is 105 cm³/mol. The minimum atomic E-state index is -2.86. The molecule has 1 saturated heterocycles. The van der Waals surface area contributed by atoms with Crippen LogP contribution in [0.25, 0.3) is 22.0 Å². The summed E-state index contributed by atoms with van der Waals surface area (Å²) in [7, 11) is -2.86. The van der Waals surface area contributed by atoms with Gasteiger partial charge in [0.15, 0.2) is 0 Å². The second kappa shape index (κ2) is 6.55. The Morgan fingerprint density at radius 3 is 2.65 bits per heavy atom. The minimum absolute atomic E-state index is 0.271. The molecule has 7 heteroatoms. The van der Waals surface area contributed by atoms with Crippen LogP contribution in [0.3, 0.4) is 0 Å². The lowest BCUT2D eigenvalue weighted by Crippen LogP contribution is -2.24. The van der Waals surface area contributed by atoms with Gasteiger partial charge in [-0.2, -0.15) is 11.3 Å². The third-order valence-corrected chi connectivity index (χ3v) is 7.58. The lowest BCUT2D eigenvalue weighted by molar-refractivity contribution is 0.100. The van der Waals surface area contributed by atoms with Gasteiger partial charge < -0.3 is 10.7 Å². The number of benzene rings is 1. The van der Waals surface area contributed by atoms with Crippen molar-refractivity contribution in [3.05, 3.63) is 46.3 Å². The van der Waals surface area contributed by atoms with Crippen LogP contribution in [0.4, 0.5) is 0 Å². The Kier molecular flexibility index (Phi) is 4.36. The largest absolute Gasteiger partial charge is 0.366 e. The summed E-state index contributed by atoms with van der Waals surface area (Å²) in [4.78, 5) is 15.1. The Labute approximate surface area is 156 Å². The minimum Gasteiger partial charge on any atom is -0.366 e. The zero-order chi connectivity index (χ0) is 18.3. The SMILES string of the molecule is NC(=O)c1cc(-c2ccsc2)cc2c(CC3CCS(=O)(=O)CC3)c[nH]c12. The molecule has 5 nitrogen and oxygen atoms in total. The molecule has 0 aliphatic carbocycles. The van der Waals surface area contributed by atoms with E-state index in [0.29, 0.717) is 24.3 Å². The van der Waals surface area contributed by atoms with E-state index in [1.807, 2.05) is 29.1 Å². The van der Waals surface area contributed by atoms with Crippen LogP contribution in [0.15, 0.2) is 35.2 Å². The van der Waals surface area contributed by atoms with E-state index in [1.165, 1.54) is 0 Å². The highest BCUT2D eigenvalue weighted by Gasteiger charge is 2.25. The van der Waals surface area contributed by atoms with E-state index in [0.717, 1.165) is 34.0 Å². The van der Waals surface area contributed by atoms with Gasteiger partial charge in [0.25, 0.3) is 5.91 Å². The van der Waals surface area contributed by atoms with E-state index in [1.54, 1.807) is 11.3 Å². The van der Waals surface area contributed by atoms with Crippen molar-refractivity contribution in [3.63, 3.8) is 0 Å². The molecule has 0 radical (unpaired) electrons. The Hall–Kier alpha value is -2.12. The molecule has 3 heterocycles. The zero-order valence-corrected chi connectivity index (χ0v) is 15.8. The maximum absolute atomic E-state index is 11.9. The number of carbonyl (C=O) groups excluding carboxylic acids is 1. The molecule has 136 valence electrons. The van der Waals surface area contributed by atoms with Crippen LogP contribution < -0.4 is 5.73 Å². The highest BCUT2D eigenvalue weighted by Crippen LogP contribution is 2.33. The molecule has 0 saturated carbocycles. The topological polar surface area (TPSA) is 93.0 Å². The molecule has 1 fully saturated rings. The van der Waals surface area contributed by atoms with Crippen LogP contribution in [0.1, 0.15) is 28.8 Å². The van der Waals surface area contributed by atoms with Crippen LogP contribution in [-0.2, 0) is 16.3 Å². The number of H-pyrrole nitrogens is 1. The first-order valence-electron chi connectivity index (χ1n) is 8.60. The first kappa shape index (κ1) is 17.3. The Morgan fingerprint density at radius 2 is 2.00 bits per heavy atom. The molecule has 3 aromatic rings. The fraction of sp³-hybridized carbons (Fsp3) is 0.316. The molecule has 3 N–H and O–H groups in total. The van der Waals surface area contributed by atoms with E-state index in [9.17, 15) is 13.2 Å². The van der Waals surface area contributed by atoms with Crippen molar-refractivity contribution in [2.45, 2.75) is 19.3 Å². The van der Waals surface area contributed by atoms with Gasteiger partial charge in [-0.25, -0.2) is 8.42 Å². The number of aromatic amines is 1. The zero-order valence-electron chi connectivity index (χ0n) is 14.2. The number of fused-ring (bicyclic) bond motifs is 1. The summed E-state index contributed by atoms with van der Waals surface area (Å²) < 4.78 is 23.3. The number of sulfone groups is 1. The summed E-state index contributed by atoms with van der Waals surface area (Å²) in [6, 6.07) is 5.95. The van der Waals surface area contributed by atoms with Crippen molar-refractivity contribution in [1.82, 2.24) is 4.98 Å². The molecule has 2 aromatic heterocycles. The molecule has 0 unspecified atom stereocenters. The number of nitrogens with one attached hydrogen (secondary N) is 1. The highest BCUT2D eigenvalue weighted by molar-refractivity contribution is 7.91. The second-order valence-corrected chi connectivity index (χ2v) is 10.0. The van der Waals surface area contributed by atoms with Gasteiger partial charge in [0.05, 0.1) is 22.6 Å². The average Bonchev–Trinajstić information content (AvgIpc) is 3.26. The first-order valence-corrected chi connectivity index (χ1v) is 11.4. The van der Waals surface area contributed by atoms with Gasteiger partial charge in [0.2, 0.25) is 0 Å². The molecule has 4 rings (SSSR count). The van der Waals surface area contributed by atoms with Crippen LogP contribution in [0.2, 0.25) is 0 Å². The normalized spacial score (nSPS) is 17.5. The summed E-state index contributed by atoms with van der Waals surface area (Å²) in [5, 5.41) is 5.05. The third kappa shape index (κ3) is 3.29. The number of hydrogen-bond acceptors (Lipinski definition) is 4. The summed E-state index contributed by atoms with van der Waals surface area (Å²) in [5.74, 6) is 0.433. The van der Waals surface area contributed by atoms with Crippen molar-refractivity contribution in [3.8, 4) is 11.1 Å². The van der Waals surface area contributed by atoms with Gasteiger partial charge >= 0.3 is 0 Å². The van der Waals surface area contributed by atoms with Crippen molar-refractivity contribution in [2.75, 3.05) is 11.5 Å². The molecular weight excluding hydrogens is 368 g/mol. The highest BCUT2D eigenvalue weighted by atomic mass is 32.2. The van der Waals surface area contributed by atoms with E-state index < -0.39 is 15.7 Å². The quantitative estimate of drug-likeness (QED) is 0.718. The Morgan fingerprint density at radius 1 is 1.23 bits per heavy atom. The van der Waals surface area contributed by atoms with Crippen molar-refractivity contribution < 1.29 is 13.2 Å². The van der Waals surface area contributed by atoms with Crippen molar-refractivity contribution in [2.24, 2.45) is 11.7 Å². The van der Waals surface area contributed by atoms with Crippen LogP contribution in [0, 0.1) is 5.92 Å². The predicted octanol–water partition coefficient (Wildman–Crippen LogP) is 3.36. The molecule has 1 aliphatic heterocycles. The van der Waals surface area contributed by atoms with Crippen molar-refractivity contribution in [1.29, 1.82) is 0 Å². The Bertz CT molecular complexity index is 1050. The van der Waals surface area contributed by atoms with E-state index in [-0.39, 0.29) is 11.5 Å². The number of carbonyl (C=O) groups is 1. The van der Waals surface area contributed by atoms with E-state index >= 15 is 0 Å². The van der Waals surface area contributed by atoms with Crippen LogP contribution in [-0.4, -0.2) is 30.8 Å². The molecule has 0 spiro atoms. The number of amides is 1. The number of aromatic nitrogens is 1. The summed E-state index contributed by atoms with van der Waals surface area (Å²) in [5.41, 5.74) is 10.0. The van der Waals surface area contributed by atoms with Gasteiger partial charge in [-0.05, 0) is 70.8 Å². The fourth-order valence-corrected chi connectivity index (χ4v) is 5.95. The Balaban J connectivity index is 1.73. The van der Waals surface area contributed by atoms with Gasteiger partial charge in [-0.1, -0.05) is 0 Å². The number of nitrogens with two attached hydrogens (primary N) is 1. The van der Waals surface area contributed by atoms with Crippen molar-refractivity contribution >= 4 is 38.0 Å². The molecule has 26 heavy (non-hydrogen) atoms. The molecule has 1 aliphatic rings. The molecule has 0 atom stereocenters. The fourth-order valence-electron chi connectivity index (χ4n) is 3.70. The van der Waals surface area contributed by atoms with Gasteiger partial charge in [0.1, 0.15) is 9.84 Å². The molecular formula is C19H20N2O3S2. The number of thiophene rings is 1.